The summed E-state index contributed by atoms with van der Waals surface area (Å²) in [4.78, 5) is 17.8. The van der Waals surface area contributed by atoms with Gasteiger partial charge in [-0.25, -0.2) is 13.1 Å². The number of anilines is 2. The van der Waals surface area contributed by atoms with Gasteiger partial charge in [0.25, 0.3) is 15.9 Å². The lowest BCUT2D eigenvalue weighted by Gasteiger charge is -2.36. The van der Waals surface area contributed by atoms with Crippen LogP contribution in [0.2, 0.25) is 5.02 Å². The molecule has 9 heteroatoms. The van der Waals surface area contributed by atoms with Crippen molar-refractivity contribution in [1.82, 2.24) is 9.62 Å². The van der Waals surface area contributed by atoms with Crippen molar-refractivity contribution in [2.75, 3.05) is 42.9 Å². The van der Waals surface area contributed by atoms with E-state index in [4.69, 9.17) is 11.6 Å². The molecule has 246 valence electrons. The summed E-state index contributed by atoms with van der Waals surface area (Å²) in [6.45, 7) is 7.17. The summed E-state index contributed by atoms with van der Waals surface area (Å²) < 4.78 is 28.5. The van der Waals surface area contributed by atoms with Gasteiger partial charge in [-0.15, -0.1) is 0 Å². The van der Waals surface area contributed by atoms with Crippen molar-refractivity contribution in [3.05, 3.63) is 113 Å². The molecule has 1 aliphatic heterocycles. The van der Waals surface area contributed by atoms with E-state index in [2.05, 4.69) is 56.2 Å². The van der Waals surface area contributed by atoms with Gasteiger partial charge in [0.2, 0.25) is 0 Å². The number of carbonyl (C=O) groups excluding carboxylic acids is 1. The summed E-state index contributed by atoms with van der Waals surface area (Å²) in [6.07, 6.45) is 6.36. The van der Waals surface area contributed by atoms with Crippen LogP contribution in [-0.4, -0.2) is 51.9 Å². The SMILES string of the molecule is Cc1cc(S(=O)(=O)NC(=O)c2ccc(N3CCN(Cc4ccccc4-c4ccc(Cl)cc4)CC3)cc2)ccc1NCC1CCCCC1. The van der Waals surface area contributed by atoms with E-state index in [0.29, 0.717) is 11.5 Å². The van der Waals surface area contributed by atoms with Crippen LogP contribution in [0.5, 0.6) is 0 Å². The van der Waals surface area contributed by atoms with E-state index in [-0.39, 0.29) is 4.90 Å². The molecule has 2 aliphatic rings. The Labute approximate surface area is 284 Å². The zero-order valence-corrected chi connectivity index (χ0v) is 28.5. The number of carbonyl (C=O) groups is 1. The standard InChI is InChI=1S/C38H43ClN4O3S/c1-28-25-35(19-20-37(28)40-26-29-7-3-2-4-8-29)47(45,46)41-38(44)31-13-17-34(18-14-31)43-23-21-42(22-24-43)27-32-9-5-6-10-36(32)30-11-15-33(39)16-12-30/h5-6,9-20,25,29,40H,2-4,7-8,21-24,26-27H2,1H3,(H,41,44). The molecule has 1 heterocycles. The topological polar surface area (TPSA) is 81.8 Å². The van der Waals surface area contributed by atoms with Gasteiger partial charge in [-0.2, -0.15) is 0 Å². The molecule has 0 atom stereocenters. The quantitative estimate of drug-likeness (QED) is 0.180. The second kappa shape index (κ2) is 14.9. The lowest BCUT2D eigenvalue weighted by Crippen LogP contribution is -2.46. The first-order valence-corrected chi connectivity index (χ1v) is 18.4. The van der Waals surface area contributed by atoms with Crippen molar-refractivity contribution < 1.29 is 13.2 Å². The monoisotopic (exact) mass is 670 g/mol. The molecule has 0 aromatic heterocycles. The number of sulfonamides is 1. The van der Waals surface area contributed by atoms with Gasteiger partial charge in [0.15, 0.2) is 0 Å². The highest BCUT2D eigenvalue weighted by Crippen LogP contribution is 2.28. The maximum atomic E-state index is 13.1. The Morgan fingerprint density at radius 3 is 2.26 bits per heavy atom. The fraction of sp³-hybridized carbons (Fsp3) is 0.342. The molecule has 6 rings (SSSR count). The maximum absolute atomic E-state index is 13.1. The fourth-order valence-electron chi connectivity index (χ4n) is 6.69. The summed E-state index contributed by atoms with van der Waals surface area (Å²) in [5.74, 6) is 0.0224. The zero-order chi connectivity index (χ0) is 32.8. The molecule has 2 fully saturated rings. The summed E-state index contributed by atoms with van der Waals surface area (Å²) in [7, 11) is -4.02. The van der Waals surface area contributed by atoms with Gasteiger partial charge in [-0.1, -0.05) is 67.3 Å². The minimum Gasteiger partial charge on any atom is -0.385 e. The Kier molecular flexibility index (Phi) is 10.5. The van der Waals surface area contributed by atoms with E-state index in [1.165, 1.54) is 43.2 Å². The lowest BCUT2D eigenvalue weighted by atomic mass is 9.89. The first kappa shape index (κ1) is 33.1. The van der Waals surface area contributed by atoms with Crippen LogP contribution in [0, 0.1) is 12.8 Å². The molecule has 0 bridgehead atoms. The Morgan fingerprint density at radius 1 is 0.851 bits per heavy atom. The van der Waals surface area contributed by atoms with Crippen LogP contribution in [0.3, 0.4) is 0 Å². The van der Waals surface area contributed by atoms with Crippen LogP contribution < -0.4 is 14.9 Å². The Balaban J connectivity index is 1.02. The van der Waals surface area contributed by atoms with Crippen LogP contribution in [0.25, 0.3) is 11.1 Å². The summed E-state index contributed by atoms with van der Waals surface area (Å²) in [5.41, 5.74) is 6.75. The molecule has 1 aliphatic carbocycles. The first-order chi connectivity index (χ1) is 22.7. The number of amides is 1. The number of piperazine rings is 1. The smallest absolute Gasteiger partial charge is 0.264 e. The van der Waals surface area contributed by atoms with E-state index in [0.717, 1.165) is 66.8 Å². The predicted octanol–water partition coefficient (Wildman–Crippen LogP) is 7.75. The second-order valence-electron chi connectivity index (χ2n) is 12.8. The van der Waals surface area contributed by atoms with Gasteiger partial charge >= 0.3 is 0 Å². The van der Waals surface area contributed by atoms with Crippen molar-refractivity contribution in [3.8, 4) is 11.1 Å². The number of aryl methyl sites for hydroxylation is 1. The van der Waals surface area contributed by atoms with Crippen molar-refractivity contribution in [1.29, 1.82) is 0 Å². The lowest BCUT2D eigenvalue weighted by molar-refractivity contribution is 0.0981. The van der Waals surface area contributed by atoms with Crippen molar-refractivity contribution in [2.45, 2.75) is 50.5 Å². The number of hydrogen-bond donors (Lipinski definition) is 2. The second-order valence-corrected chi connectivity index (χ2v) is 14.9. The molecule has 0 spiro atoms. The molecule has 4 aromatic carbocycles. The van der Waals surface area contributed by atoms with Gasteiger partial charge in [0.05, 0.1) is 4.90 Å². The molecule has 1 amide bonds. The van der Waals surface area contributed by atoms with E-state index in [1.54, 1.807) is 30.3 Å². The number of halogens is 1. The molecule has 1 saturated heterocycles. The van der Waals surface area contributed by atoms with Crippen molar-refractivity contribution in [2.24, 2.45) is 5.92 Å². The Bertz CT molecular complexity index is 1780. The fourth-order valence-corrected chi connectivity index (χ4v) is 7.87. The number of benzene rings is 4. The highest BCUT2D eigenvalue weighted by atomic mass is 35.5. The summed E-state index contributed by atoms with van der Waals surface area (Å²) in [6, 6.07) is 28.6. The number of hydrogen-bond acceptors (Lipinski definition) is 6. The highest BCUT2D eigenvalue weighted by molar-refractivity contribution is 7.90. The third-order valence-electron chi connectivity index (χ3n) is 9.47. The highest BCUT2D eigenvalue weighted by Gasteiger charge is 2.22. The minimum absolute atomic E-state index is 0.0804. The van der Waals surface area contributed by atoms with Crippen LogP contribution >= 0.6 is 11.6 Å². The summed E-state index contributed by atoms with van der Waals surface area (Å²) >= 11 is 6.11. The minimum atomic E-state index is -4.02. The molecule has 0 radical (unpaired) electrons. The molecule has 2 N–H and O–H groups in total. The van der Waals surface area contributed by atoms with Crippen LogP contribution in [0.1, 0.15) is 53.6 Å². The molecule has 4 aromatic rings. The van der Waals surface area contributed by atoms with Gasteiger partial charge in [0.1, 0.15) is 0 Å². The van der Waals surface area contributed by atoms with Gasteiger partial charge in [-0.3, -0.25) is 9.69 Å². The summed E-state index contributed by atoms with van der Waals surface area (Å²) in [5, 5.41) is 4.22. The van der Waals surface area contributed by atoms with E-state index in [1.807, 2.05) is 31.2 Å². The van der Waals surface area contributed by atoms with E-state index in [9.17, 15) is 13.2 Å². The molecule has 7 nitrogen and oxygen atoms in total. The number of nitrogens with one attached hydrogen (secondary N) is 2. The van der Waals surface area contributed by atoms with Crippen molar-refractivity contribution >= 4 is 38.9 Å². The molecule has 0 unspecified atom stereocenters. The molecule has 47 heavy (non-hydrogen) atoms. The third kappa shape index (κ3) is 8.36. The van der Waals surface area contributed by atoms with Gasteiger partial charge in [0, 0.05) is 61.2 Å². The molecule has 1 saturated carbocycles. The molecular weight excluding hydrogens is 628 g/mol. The normalized spacial score (nSPS) is 16.2. The third-order valence-corrected chi connectivity index (χ3v) is 11.1. The Hall–Kier alpha value is -3.85. The van der Waals surface area contributed by atoms with Crippen molar-refractivity contribution in [3.63, 3.8) is 0 Å². The van der Waals surface area contributed by atoms with E-state index >= 15 is 0 Å². The Morgan fingerprint density at radius 2 is 1.55 bits per heavy atom. The van der Waals surface area contributed by atoms with Gasteiger partial charge < -0.3 is 10.2 Å². The maximum Gasteiger partial charge on any atom is 0.264 e. The van der Waals surface area contributed by atoms with Gasteiger partial charge in [-0.05, 0) is 103 Å². The first-order valence-electron chi connectivity index (χ1n) is 16.6. The zero-order valence-electron chi connectivity index (χ0n) is 26.9. The average Bonchev–Trinajstić information content (AvgIpc) is 3.09. The molecular formula is C38H43ClN4O3S. The number of rotatable bonds is 10. The average molecular weight is 671 g/mol. The largest absolute Gasteiger partial charge is 0.385 e. The van der Waals surface area contributed by atoms with Crippen LogP contribution in [0.4, 0.5) is 11.4 Å². The predicted molar refractivity (Wildman–Crippen MR) is 192 cm³/mol. The van der Waals surface area contributed by atoms with E-state index < -0.39 is 15.9 Å². The van der Waals surface area contributed by atoms with Crippen LogP contribution in [0.15, 0.2) is 95.9 Å². The van der Waals surface area contributed by atoms with Crippen LogP contribution in [-0.2, 0) is 16.6 Å². The number of nitrogens with zero attached hydrogens (tertiary/aromatic N) is 2.